The van der Waals surface area contributed by atoms with Crippen LogP contribution in [0.4, 0.5) is 0 Å². The molecule has 72 valence electrons. The SMILES string of the molecule is N#CCCCC=Cc1ccc(Cl)cc1. The van der Waals surface area contributed by atoms with Gasteiger partial charge in [0.15, 0.2) is 0 Å². The topological polar surface area (TPSA) is 23.8 Å². The number of halogens is 1. The maximum Gasteiger partial charge on any atom is 0.0621 e. The number of allylic oxidation sites excluding steroid dienone is 1. The summed E-state index contributed by atoms with van der Waals surface area (Å²) in [5.41, 5.74) is 1.14. The number of nitriles is 1. The monoisotopic (exact) mass is 205 g/mol. The first kappa shape index (κ1) is 10.8. The summed E-state index contributed by atoms with van der Waals surface area (Å²) < 4.78 is 0. The number of benzene rings is 1. The summed E-state index contributed by atoms with van der Waals surface area (Å²) in [6.07, 6.45) is 6.65. The van der Waals surface area contributed by atoms with Gasteiger partial charge in [0, 0.05) is 11.4 Å². The Labute approximate surface area is 89.6 Å². The number of hydrogen-bond donors (Lipinski definition) is 0. The minimum absolute atomic E-state index is 0.630. The highest BCUT2D eigenvalue weighted by Crippen LogP contribution is 2.11. The smallest absolute Gasteiger partial charge is 0.0621 e. The summed E-state index contributed by atoms with van der Waals surface area (Å²) in [5.74, 6) is 0. The molecule has 2 heteroatoms. The molecule has 1 nitrogen and oxygen atoms in total. The third-order valence-electron chi connectivity index (χ3n) is 1.84. The van der Waals surface area contributed by atoms with Gasteiger partial charge in [-0.3, -0.25) is 0 Å². The highest BCUT2D eigenvalue weighted by molar-refractivity contribution is 6.30. The minimum Gasteiger partial charge on any atom is -0.198 e. The molecule has 0 spiro atoms. The van der Waals surface area contributed by atoms with Gasteiger partial charge >= 0.3 is 0 Å². The van der Waals surface area contributed by atoms with Gasteiger partial charge in [-0.2, -0.15) is 5.26 Å². The van der Waals surface area contributed by atoms with Crippen LogP contribution in [-0.2, 0) is 0 Å². The Morgan fingerprint density at radius 1 is 1.29 bits per heavy atom. The van der Waals surface area contributed by atoms with Gasteiger partial charge in [0.2, 0.25) is 0 Å². The fourth-order valence-electron chi connectivity index (χ4n) is 1.09. The van der Waals surface area contributed by atoms with Crippen LogP contribution in [0.2, 0.25) is 5.02 Å². The fourth-order valence-corrected chi connectivity index (χ4v) is 1.22. The summed E-state index contributed by atoms with van der Waals surface area (Å²) in [6, 6.07) is 9.82. The largest absolute Gasteiger partial charge is 0.198 e. The zero-order valence-electron chi connectivity index (χ0n) is 7.91. The van der Waals surface area contributed by atoms with E-state index in [1.807, 2.05) is 30.3 Å². The molecule has 0 atom stereocenters. The lowest BCUT2D eigenvalue weighted by Gasteiger charge is -1.93. The highest BCUT2D eigenvalue weighted by Gasteiger charge is 1.87. The average molecular weight is 206 g/mol. The maximum absolute atomic E-state index is 8.32. The lowest BCUT2D eigenvalue weighted by atomic mass is 10.2. The van der Waals surface area contributed by atoms with Crippen LogP contribution >= 0.6 is 11.6 Å². The minimum atomic E-state index is 0.630. The van der Waals surface area contributed by atoms with Crippen molar-refractivity contribution in [2.75, 3.05) is 0 Å². The predicted octanol–water partition coefficient (Wildman–Crippen LogP) is 4.05. The van der Waals surface area contributed by atoms with E-state index in [1.165, 1.54) is 0 Å². The second kappa shape index (κ2) is 6.23. The van der Waals surface area contributed by atoms with E-state index in [1.54, 1.807) is 0 Å². The van der Waals surface area contributed by atoms with Crippen LogP contribution in [0.3, 0.4) is 0 Å². The first-order valence-electron chi connectivity index (χ1n) is 4.62. The highest BCUT2D eigenvalue weighted by atomic mass is 35.5. The molecule has 1 aromatic rings. The van der Waals surface area contributed by atoms with Crippen molar-refractivity contribution in [3.63, 3.8) is 0 Å². The molecule has 0 aromatic heterocycles. The van der Waals surface area contributed by atoms with E-state index in [0.717, 1.165) is 23.4 Å². The molecule has 0 fully saturated rings. The zero-order chi connectivity index (χ0) is 10.2. The molecule has 0 aliphatic rings. The molecule has 0 unspecified atom stereocenters. The van der Waals surface area contributed by atoms with Crippen LogP contribution in [0.5, 0.6) is 0 Å². The van der Waals surface area contributed by atoms with E-state index in [0.29, 0.717) is 6.42 Å². The number of rotatable bonds is 4. The van der Waals surface area contributed by atoms with E-state index in [2.05, 4.69) is 12.1 Å². The van der Waals surface area contributed by atoms with Crippen molar-refractivity contribution >= 4 is 17.7 Å². The molecule has 0 N–H and O–H groups in total. The molecule has 0 radical (unpaired) electrons. The van der Waals surface area contributed by atoms with Gasteiger partial charge in [-0.25, -0.2) is 0 Å². The van der Waals surface area contributed by atoms with Crippen LogP contribution < -0.4 is 0 Å². The predicted molar refractivity (Wildman–Crippen MR) is 60.0 cm³/mol. The van der Waals surface area contributed by atoms with Crippen LogP contribution in [0, 0.1) is 11.3 Å². The Hall–Kier alpha value is -1.26. The van der Waals surface area contributed by atoms with Crippen LogP contribution in [0.15, 0.2) is 30.3 Å². The van der Waals surface area contributed by atoms with Crippen molar-refractivity contribution in [3.8, 4) is 6.07 Å². The first-order chi connectivity index (χ1) is 6.83. The Bertz CT molecular complexity index is 332. The van der Waals surface area contributed by atoms with Gasteiger partial charge in [-0.1, -0.05) is 35.9 Å². The van der Waals surface area contributed by atoms with Gasteiger partial charge < -0.3 is 0 Å². The molecule has 0 aliphatic heterocycles. The molecule has 0 heterocycles. The van der Waals surface area contributed by atoms with Gasteiger partial charge in [0.05, 0.1) is 6.07 Å². The summed E-state index contributed by atoms with van der Waals surface area (Å²) in [7, 11) is 0. The molecular formula is C12H12ClN. The Kier molecular flexibility index (Phi) is 4.82. The summed E-state index contributed by atoms with van der Waals surface area (Å²) in [6.45, 7) is 0. The van der Waals surface area contributed by atoms with Crippen molar-refractivity contribution in [3.05, 3.63) is 40.9 Å². The Morgan fingerprint density at radius 3 is 2.64 bits per heavy atom. The first-order valence-corrected chi connectivity index (χ1v) is 5.00. The lowest BCUT2D eigenvalue weighted by molar-refractivity contribution is 0.879. The number of hydrogen-bond acceptors (Lipinski definition) is 1. The van der Waals surface area contributed by atoms with Crippen LogP contribution in [-0.4, -0.2) is 0 Å². The van der Waals surface area contributed by atoms with E-state index < -0.39 is 0 Å². The van der Waals surface area contributed by atoms with Crippen molar-refractivity contribution in [1.82, 2.24) is 0 Å². The number of nitrogens with zero attached hydrogens (tertiary/aromatic N) is 1. The standard InChI is InChI=1S/C12H12ClN/c13-12-8-6-11(7-9-12)5-3-1-2-4-10-14/h3,5-9H,1-2,4H2. The quantitative estimate of drug-likeness (QED) is 0.681. The van der Waals surface area contributed by atoms with E-state index >= 15 is 0 Å². The van der Waals surface area contributed by atoms with E-state index in [-0.39, 0.29) is 0 Å². The van der Waals surface area contributed by atoms with Crippen molar-refractivity contribution < 1.29 is 0 Å². The Morgan fingerprint density at radius 2 is 2.00 bits per heavy atom. The summed E-state index contributed by atoms with van der Waals surface area (Å²) in [5, 5.41) is 9.08. The van der Waals surface area contributed by atoms with Crippen molar-refractivity contribution in [2.45, 2.75) is 19.3 Å². The van der Waals surface area contributed by atoms with Gasteiger partial charge in [-0.15, -0.1) is 0 Å². The van der Waals surface area contributed by atoms with Crippen LogP contribution in [0.1, 0.15) is 24.8 Å². The van der Waals surface area contributed by atoms with E-state index in [4.69, 9.17) is 16.9 Å². The third kappa shape index (κ3) is 4.11. The molecule has 0 bridgehead atoms. The van der Waals surface area contributed by atoms with Crippen LogP contribution in [0.25, 0.3) is 6.08 Å². The number of unbranched alkanes of at least 4 members (excludes halogenated alkanes) is 2. The summed E-state index contributed by atoms with van der Waals surface area (Å²) in [4.78, 5) is 0. The molecule has 14 heavy (non-hydrogen) atoms. The second-order valence-electron chi connectivity index (χ2n) is 3.00. The molecule has 0 saturated carbocycles. The van der Waals surface area contributed by atoms with Gasteiger partial charge in [0.1, 0.15) is 0 Å². The normalized spacial score (nSPS) is 10.3. The van der Waals surface area contributed by atoms with E-state index in [9.17, 15) is 0 Å². The van der Waals surface area contributed by atoms with Gasteiger partial charge in [-0.05, 0) is 30.5 Å². The molecule has 1 rings (SSSR count). The molecule has 0 amide bonds. The lowest BCUT2D eigenvalue weighted by Crippen LogP contribution is -1.72. The molecular weight excluding hydrogens is 194 g/mol. The second-order valence-corrected chi connectivity index (χ2v) is 3.44. The summed E-state index contributed by atoms with van der Waals surface area (Å²) >= 11 is 5.75. The fraction of sp³-hybridized carbons (Fsp3) is 0.250. The average Bonchev–Trinajstić information content (AvgIpc) is 2.21. The van der Waals surface area contributed by atoms with Crippen molar-refractivity contribution in [1.29, 1.82) is 5.26 Å². The molecule has 1 aromatic carbocycles. The molecule has 0 saturated heterocycles. The Balaban J connectivity index is 2.37. The van der Waals surface area contributed by atoms with Gasteiger partial charge in [0.25, 0.3) is 0 Å². The maximum atomic E-state index is 8.32. The zero-order valence-corrected chi connectivity index (χ0v) is 8.67. The molecule has 0 aliphatic carbocycles. The third-order valence-corrected chi connectivity index (χ3v) is 2.09. The van der Waals surface area contributed by atoms with Crippen molar-refractivity contribution in [2.24, 2.45) is 0 Å².